The molecule has 4 aromatic rings. The summed E-state index contributed by atoms with van der Waals surface area (Å²) in [5, 5.41) is 10.1. The lowest BCUT2D eigenvalue weighted by molar-refractivity contribution is -0.115. The Bertz CT molecular complexity index is 1230. The maximum absolute atomic E-state index is 12.4. The fourth-order valence-electron chi connectivity index (χ4n) is 2.91. The van der Waals surface area contributed by atoms with Crippen LogP contribution < -0.4 is 15.4 Å². The van der Waals surface area contributed by atoms with E-state index in [-0.39, 0.29) is 18.2 Å². The van der Waals surface area contributed by atoms with Gasteiger partial charge in [0.05, 0.1) is 36.2 Å². The van der Waals surface area contributed by atoms with Crippen molar-refractivity contribution in [2.45, 2.75) is 20.3 Å². The summed E-state index contributed by atoms with van der Waals surface area (Å²) in [4.78, 5) is 33.4. The number of amides is 2. The van der Waals surface area contributed by atoms with Gasteiger partial charge < -0.3 is 14.5 Å². The molecular weight excluding hydrogens is 448 g/mol. The first-order valence-corrected chi connectivity index (χ1v) is 11.6. The van der Waals surface area contributed by atoms with Gasteiger partial charge in [-0.15, -0.1) is 22.7 Å². The number of furan rings is 1. The molecule has 0 fully saturated rings. The molecule has 0 spiro atoms. The highest BCUT2D eigenvalue weighted by atomic mass is 32.1. The molecule has 0 unspecified atom stereocenters. The lowest BCUT2D eigenvalue weighted by Gasteiger charge is -2.03. The first-order chi connectivity index (χ1) is 15.5. The van der Waals surface area contributed by atoms with Gasteiger partial charge in [-0.25, -0.2) is 9.97 Å². The van der Waals surface area contributed by atoms with Gasteiger partial charge in [-0.3, -0.25) is 14.9 Å². The number of thiazole rings is 2. The molecular formula is C22H20N4O4S2. The van der Waals surface area contributed by atoms with Gasteiger partial charge in [-0.05, 0) is 44.2 Å². The predicted molar refractivity (Wildman–Crippen MR) is 125 cm³/mol. The number of ether oxygens (including phenoxy) is 1. The van der Waals surface area contributed by atoms with E-state index in [1.54, 1.807) is 18.4 Å². The molecule has 0 radical (unpaired) electrons. The van der Waals surface area contributed by atoms with Crippen LogP contribution in [0.5, 0.6) is 5.75 Å². The van der Waals surface area contributed by atoms with Gasteiger partial charge in [0.1, 0.15) is 11.5 Å². The minimum atomic E-state index is -0.300. The molecule has 1 aromatic carbocycles. The second-order valence-electron chi connectivity index (χ2n) is 6.71. The Morgan fingerprint density at radius 1 is 1.03 bits per heavy atom. The largest absolute Gasteiger partial charge is 0.494 e. The van der Waals surface area contributed by atoms with Crippen molar-refractivity contribution < 1.29 is 18.7 Å². The number of rotatable bonds is 8. The lowest BCUT2D eigenvalue weighted by Crippen LogP contribution is -2.15. The zero-order chi connectivity index (χ0) is 22.5. The van der Waals surface area contributed by atoms with Crippen LogP contribution in [0.1, 0.15) is 28.7 Å². The Balaban J connectivity index is 1.32. The molecule has 8 nitrogen and oxygen atoms in total. The third kappa shape index (κ3) is 5.21. The van der Waals surface area contributed by atoms with E-state index < -0.39 is 0 Å². The van der Waals surface area contributed by atoms with Crippen LogP contribution in [0.15, 0.2) is 51.8 Å². The first kappa shape index (κ1) is 21.7. The number of aryl methyl sites for hydroxylation is 1. The molecule has 0 saturated heterocycles. The summed E-state index contributed by atoms with van der Waals surface area (Å²) in [6.07, 6.45) is 1.54. The summed E-state index contributed by atoms with van der Waals surface area (Å²) < 4.78 is 10.6. The molecule has 0 aliphatic heterocycles. The number of nitrogens with one attached hydrogen (secondary N) is 2. The molecule has 4 rings (SSSR count). The number of anilines is 2. The molecule has 0 aliphatic rings. The van der Waals surface area contributed by atoms with Crippen molar-refractivity contribution >= 4 is 44.8 Å². The van der Waals surface area contributed by atoms with Crippen LogP contribution in [0, 0.1) is 6.92 Å². The molecule has 3 aromatic heterocycles. The fraction of sp³-hybridized carbons (Fsp3) is 0.182. The van der Waals surface area contributed by atoms with E-state index >= 15 is 0 Å². The monoisotopic (exact) mass is 468 g/mol. The van der Waals surface area contributed by atoms with Crippen molar-refractivity contribution in [2.75, 3.05) is 17.2 Å². The van der Waals surface area contributed by atoms with E-state index in [9.17, 15) is 9.59 Å². The minimum absolute atomic E-state index is 0.0784. The average Bonchev–Trinajstić information content (AvgIpc) is 3.51. The Labute approximate surface area is 192 Å². The van der Waals surface area contributed by atoms with Crippen LogP contribution in [0.4, 0.5) is 10.3 Å². The SMILES string of the molecule is CCOc1ccc(-c2csc(NC(=O)Cc3csc(NC(=O)c4ccoc4C)n3)n2)cc1. The summed E-state index contributed by atoms with van der Waals surface area (Å²) in [5.74, 6) is 0.808. The lowest BCUT2D eigenvalue weighted by atomic mass is 10.2. The third-order valence-electron chi connectivity index (χ3n) is 4.43. The predicted octanol–water partition coefficient (Wildman–Crippen LogP) is 5.00. The second-order valence-corrected chi connectivity index (χ2v) is 8.43. The van der Waals surface area contributed by atoms with Crippen LogP contribution in [0.25, 0.3) is 11.3 Å². The van der Waals surface area contributed by atoms with Gasteiger partial charge in [0.2, 0.25) is 5.91 Å². The van der Waals surface area contributed by atoms with Gasteiger partial charge in [0.15, 0.2) is 10.3 Å². The number of aromatic nitrogens is 2. The quantitative estimate of drug-likeness (QED) is 0.377. The molecule has 32 heavy (non-hydrogen) atoms. The van der Waals surface area contributed by atoms with Gasteiger partial charge in [-0.1, -0.05) is 0 Å². The van der Waals surface area contributed by atoms with Gasteiger partial charge in [-0.2, -0.15) is 0 Å². The third-order valence-corrected chi connectivity index (χ3v) is 5.99. The number of nitrogens with zero attached hydrogens (tertiary/aromatic N) is 2. The fourth-order valence-corrected chi connectivity index (χ4v) is 4.35. The first-order valence-electron chi connectivity index (χ1n) is 9.80. The maximum atomic E-state index is 12.4. The Kier molecular flexibility index (Phi) is 6.62. The highest BCUT2D eigenvalue weighted by Crippen LogP contribution is 2.27. The highest BCUT2D eigenvalue weighted by Gasteiger charge is 2.15. The minimum Gasteiger partial charge on any atom is -0.494 e. The van der Waals surface area contributed by atoms with E-state index in [1.807, 2.05) is 36.6 Å². The number of benzene rings is 1. The molecule has 2 amide bonds. The van der Waals surface area contributed by atoms with Crippen molar-refractivity contribution in [3.05, 3.63) is 64.4 Å². The van der Waals surface area contributed by atoms with Crippen LogP contribution in [0.3, 0.4) is 0 Å². The van der Waals surface area contributed by atoms with Gasteiger partial charge in [0.25, 0.3) is 5.91 Å². The molecule has 0 bridgehead atoms. The van der Waals surface area contributed by atoms with Crippen molar-refractivity contribution in [3.8, 4) is 17.0 Å². The number of hydrogen-bond donors (Lipinski definition) is 2. The van der Waals surface area contributed by atoms with Crippen LogP contribution in [-0.4, -0.2) is 28.4 Å². The van der Waals surface area contributed by atoms with Gasteiger partial charge in [0, 0.05) is 16.3 Å². The Morgan fingerprint density at radius 2 is 1.78 bits per heavy atom. The summed E-state index contributed by atoms with van der Waals surface area (Å²) in [6, 6.07) is 9.25. The normalized spacial score (nSPS) is 10.7. The summed E-state index contributed by atoms with van der Waals surface area (Å²) in [6.45, 7) is 4.27. The van der Waals surface area contributed by atoms with E-state index in [4.69, 9.17) is 9.15 Å². The van der Waals surface area contributed by atoms with Crippen molar-refractivity contribution in [3.63, 3.8) is 0 Å². The molecule has 164 valence electrons. The van der Waals surface area contributed by atoms with Crippen molar-refractivity contribution in [1.29, 1.82) is 0 Å². The van der Waals surface area contributed by atoms with Gasteiger partial charge >= 0.3 is 0 Å². The maximum Gasteiger partial charge on any atom is 0.260 e. The molecule has 0 atom stereocenters. The van der Waals surface area contributed by atoms with E-state index in [2.05, 4.69) is 20.6 Å². The molecule has 2 N–H and O–H groups in total. The smallest absolute Gasteiger partial charge is 0.260 e. The van der Waals surface area contributed by atoms with Crippen molar-refractivity contribution in [2.24, 2.45) is 0 Å². The average molecular weight is 469 g/mol. The molecule has 0 aliphatic carbocycles. The van der Waals surface area contributed by atoms with Crippen molar-refractivity contribution in [1.82, 2.24) is 9.97 Å². The number of hydrogen-bond acceptors (Lipinski definition) is 8. The topological polar surface area (TPSA) is 106 Å². The summed E-state index contributed by atoms with van der Waals surface area (Å²) >= 11 is 2.61. The Morgan fingerprint density at radius 3 is 2.50 bits per heavy atom. The summed E-state index contributed by atoms with van der Waals surface area (Å²) in [7, 11) is 0. The van der Waals surface area contributed by atoms with E-state index in [0.29, 0.717) is 33.9 Å². The molecule has 0 saturated carbocycles. The van der Waals surface area contributed by atoms with Crippen LogP contribution in [-0.2, 0) is 11.2 Å². The van der Waals surface area contributed by atoms with E-state index in [0.717, 1.165) is 17.0 Å². The molecule has 10 heteroatoms. The van der Waals surface area contributed by atoms with Crippen LogP contribution in [0.2, 0.25) is 0 Å². The highest BCUT2D eigenvalue weighted by molar-refractivity contribution is 7.14. The zero-order valence-electron chi connectivity index (χ0n) is 17.4. The summed E-state index contributed by atoms with van der Waals surface area (Å²) in [5.41, 5.74) is 2.74. The second kappa shape index (κ2) is 9.75. The van der Waals surface area contributed by atoms with E-state index in [1.165, 1.54) is 28.9 Å². The Hall–Kier alpha value is -3.50. The number of carbonyl (C=O) groups excluding carboxylic acids is 2. The number of carbonyl (C=O) groups is 2. The zero-order valence-corrected chi connectivity index (χ0v) is 19.0. The van der Waals surface area contributed by atoms with Crippen LogP contribution >= 0.6 is 22.7 Å². The standard InChI is InChI=1S/C22H20N4O4S2/c1-3-29-16-6-4-14(5-7-16)18-12-32-22(24-18)25-19(27)10-15-11-31-21(23-15)26-20(28)17-8-9-30-13(17)2/h4-9,11-12H,3,10H2,1-2H3,(H,23,26,28)(H,24,25,27). The molecule has 3 heterocycles.